The number of hydrogen-bond donors (Lipinski definition) is 2. The van der Waals surface area contributed by atoms with Crippen molar-refractivity contribution in [1.29, 1.82) is 0 Å². The third-order valence-electron chi connectivity index (χ3n) is 3.60. The molecule has 0 saturated carbocycles. The summed E-state index contributed by atoms with van der Waals surface area (Å²) in [6.07, 6.45) is 2.96. The Kier molecular flexibility index (Phi) is 5.02. The molecule has 0 saturated heterocycles. The summed E-state index contributed by atoms with van der Waals surface area (Å²) in [4.78, 5) is 9.74. The number of benzene rings is 2. The lowest BCUT2D eigenvalue weighted by Crippen LogP contribution is -1.90. The van der Waals surface area contributed by atoms with E-state index in [1.165, 1.54) is 5.56 Å². The molecule has 2 N–H and O–H groups in total. The van der Waals surface area contributed by atoms with Crippen LogP contribution < -0.4 is 5.32 Å². The van der Waals surface area contributed by atoms with E-state index in [1.54, 1.807) is 0 Å². The van der Waals surface area contributed by atoms with Crippen LogP contribution in [0.3, 0.4) is 0 Å². The van der Waals surface area contributed by atoms with E-state index in [0.29, 0.717) is 5.69 Å². The fourth-order valence-corrected chi connectivity index (χ4v) is 2.45. The summed E-state index contributed by atoms with van der Waals surface area (Å²) in [6, 6.07) is 13.4. The third kappa shape index (κ3) is 3.51. The molecule has 1 aliphatic rings. The molecule has 4 rings (SSSR count). The minimum Gasteiger partial charge on any atom is -0.386 e. The maximum Gasteiger partial charge on any atom is 0.189 e. The molecule has 114 valence electrons. The summed E-state index contributed by atoms with van der Waals surface area (Å²) in [6.45, 7) is 14.6. The van der Waals surface area contributed by atoms with Crippen molar-refractivity contribution >= 4 is 28.0 Å². The normalized spacial score (nSPS) is 11.0. The topological polar surface area (TPSA) is 36.5 Å². The summed E-state index contributed by atoms with van der Waals surface area (Å²) in [7, 11) is 0. The zero-order valence-electron chi connectivity index (χ0n) is 11.9. The molecule has 0 amide bonds. The molecule has 4 heteroatoms. The Balaban J connectivity index is 0.000000160. The Labute approximate surface area is 136 Å². The van der Waals surface area contributed by atoms with Crippen LogP contribution in [0.25, 0.3) is 20.6 Å². The average molecular weight is 302 g/mol. The summed E-state index contributed by atoms with van der Waals surface area (Å²) in [5.41, 5.74) is 4.90. The van der Waals surface area contributed by atoms with Crippen molar-refractivity contribution in [3.63, 3.8) is 0 Å². The quantitative estimate of drug-likeness (QED) is 0.524. The van der Waals surface area contributed by atoms with E-state index in [0.717, 1.165) is 35.2 Å². The first kappa shape index (κ1) is 16.1. The average Bonchev–Trinajstić information content (AvgIpc) is 3.22. The van der Waals surface area contributed by atoms with Gasteiger partial charge in [0, 0.05) is 23.9 Å². The molecule has 2 aromatic carbocycles. The molecule has 0 spiro atoms. The lowest BCUT2D eigenvalue weighted by molar-refractivity contribution is 1.11. The third-order valence-corrected chi connectivity index (χ3v) is 3.60. The van der Waals surface area contributed by atoms with Gasteiger partial charge in [0.2, 0.25) is 0 Å². The standard InChI is InChI=1S/C9H8N2.C9H6N2.CH4/c2*1-10-8-3-2-7-4-5-11-9(7)6-8;/h2-3,6,11H,4-5H2;2-6,11H;1H4. The van der Waals surface area contributed by atoms with Crippen molar-refractivity contribution in [2.24, 2.45) is 0 Å². The number of hydrogen-bond acceptors (Lipinski definition) is 1. The van der Waals surface area contributed by atoms with Crippen LogP contribution in [0.15, 0.2) is 48.7 Å². The molecule has 0 atom stereocenters. The Hall–Kier alpha value is -3.24. The number of aromatic nitrogens is 1. The van der Waals surface area contributed by atoms with Crippen LogP contribution in [0.4, 0.5) is 17.1 Å². The van der Waals surface area contributed by atoms with Gasteiger partial charge in [0.25, 0.3) is 0 Å². The summed E-state index contributed by atoms with van der Waals surface area (Å²) < 4.78 is 0. The van der Waals surface area contributed by atoms with E-state index in [-0.39, 0.29) is 7.43 Å². The van der Waals surface area contributed by atoms with Crippen LogP contribution in [0, 0.1) is 13.1 Å². The van der Waals surface area contributed by atoms with Crippen molar-refractivity contribution in [2.45, 2.75) is 13.8 Å². The molecule has 1 aromatic heterocycles. The minimum absolute atomic E-state index is 0. The Morgan fingerprint density at radius 3 is 2.43 bits per heavy atom. The Bertz CT molecular complexity index is 894. The van der Waals surface area contributed by atoms with E-state index in [9.17, 15) is 0 Å². The molecular weight excluding hydrogens is 284 g/mol. The van der Waals surface area contributed by atoms with E-state index in [1.807, 2.05) is 48.7 Å². The molecule has 0 aliphatic carbocycles. The summed E-state index contributed by atoms with van der Waals surface area (Å²) >= 11 is 0. The van der Waals surface area contributed by atoms with Crippen LogP contribution in [0.5, 0.6) is 0 Å². The van der Waals surface area contributed by atoms with Crippen LogP contribution in [0.1, 0.15) is 13.0 Å². The Morgan fingerprint density at radius 1 is 0.913 bits per heavy atom. The van der Waals surface area contributed by atoms with Crippen LogP contribution in [-0.4, -0.2) is 11.5 Å². The second kappa shape index (κ2) is 7.15. The van der Waals surface area contributed by atoms with Gasteiger partial charge in [-0.1, -0.05) is 31.7 Å². The first-order valence-corrected chi connectivity index (χ1v) is 6.99. The van der Waals surface area contributed by atoms with Gasteiger partial charge < -0.3 is 10.3 Å². The van der Waals surface area contributed by atoms with Crippen LogP contribution >= 0.6 is 0 Å². The van der Waals surface area contributed by atoms with Gasteiger partial charge in [-0.25, -0.2) is 9.69 Å². The fraction of sp³-hybridized carbons (Fsp3) is 0.158. The number of rotatable bonds is 0. The van der Waals surface area contributed by atoms with Gasteiger partial charge in [0.15, 0.2) is 11.4 Å². The molecule has 0 unspecified atom stereocenters. The SMILES string of the molecule is C.[C-]#[N+]c1ccc2c(c1)NCC2.[C-]#[N+]c1ccc2cc[nH]c2c1. The highest BCUT2D eigenvalue weighted by molar-refractivity contribution is 5.82. The number of nitrogens with one attached hydrogen (secondary N) is 2. The molecule has 23 heavy (non-hydrogen) atoms. The van der Waals surface area contributed by atoms with Gasteiger partial charge >= 0.3 is 0 Å². The number of aromatic amines is 1. The smallest absolute Gasteiger partial charge is 0.189 e. The van der Waals surface area contributed by atoms with Crippen molar-refractivity contribution < 1.29 is 0 Å². The van der Waals surface area contributed by atoms with Crippen molar-refractivity contribution in [3.8, 4) is 0 Å². The Morgan fingerprint density at radius 2 is 1.65 bits per heavy atom. The van der Waals surface area contributed by atoms with Crippen LogP contribution in [0.2, 0.25) is 0 Å². The number of anilines is 1. The molecule has 0 fully saturated rings. The number of fused-ring (bicyclic) bond motifs is 2. The van der Waals surface area contributed by atoms with E-state index >= 15 is 0 Å². The molecular formula is C19H18N4. The maximum atomic E-state index is 6.80. The first-order chi connectivity index (χ1) is 10.8. The number of H-pyrrole nitrogens is 1. The predicted molar refractivity (Wildman–Crippen MR) is 96.2 cm³/mol. The molecule has 1 aliphatic heterocycles. The van der Waals surface area contributed by atoms with Gasteiger partial charge in [-0.05, 0) is 35.6 Å². The molecule has 0 radical (unpaired) electrons. The van der Waals surface area contributed by atoms with Gasteiger partial charge in [-0.2, -0.15) is 0 Å². The largest absolute Gasteiger partial charge is 0.386 e. The lowest BCUT2D eigenvalue weighted by atomic mass is 10.1. The molecule has 4 nitrogen and oxygen atoms in total. The predicted octanol–water partition coefficient (Wildman–Crippen LogP) is 5.56. The second-order valence-electron chi connectivity index (χ2n) is 4.99. The number of nitrogens with zero attached hydrogens (tertiary/aromatic N) is 2. The van der Waals surface area contributed by atoms with E-state index < -0.39 is 0 Å². The first-order valence-electron chi connectivity index (χ1n) is 6.99. The van der Waals surface area contributed by atoms with E-state index in [4.69, 9.17) is 13.1 Å². The zero-order chi connectivity index (χ0) is 15.4. The highest BCUT2D eigenvalue weighted by atomic mass is 14.9. The monoisotopic (exact) mass is 302 g/mol. The summed E-state index contributed by atoms with van der Waals surface area (Å²) in [5, 5.41) is 4.38. The fourth-order valence-electron chi connectivity index (χ4n) is 2.45. The lowest BCUT2D eigenvalue weighted by Gasteiger charge is -1.97. The van der Waals surface area contributed by atoms with E-state index in [2.05, 4.69) is 20.0 Å². The highest BCUT2D eigenvalue weighted by Gasteiger charge is 2.08. The maximum absolute atomic E-state index is 6.80. The van der Waals surface area contributed by atoms with Crippen molar-refractivity contribution in [1.82, 2.24) is 4.98 Å². The van der Waals surface area contributed by atoms with Gasteiger partial charge in [0.05, 0.1) is 13.1 Å². The van der Waals surface area contributed by atoms with Gasteiger partial charge in [0.1, 0.15) is 0 Å². The molecule has 3 aromatic rings. The molecule has 0 bridgehead atoms. The zero-order valence-corrected chi connectivity index (χ0v) is 11.9. The highest BCUT2D eigenvalue weighted by Crippen LogP contribution is 2.26. The van der Waals surface area contributed by atoms with Gasteiger partial charge in [-0.15, -0.1) is 0 Å². The summed E-state index contributed by atoms with van der Waals surface area (Å²) in [5.74, 6) is 0. The van der Waals surface area contributed by atoms with Gasteiger partial charge in [-0.3, -0.25) is 0 Å². The van der Waals surface area contributed by atoms with Crippen LogP contribution in [-0.2, 0) is 6.42 Å². The van der Waals surface area contributed by atoms with Crippen molar-refractivity contribution in [3.05, 3.63) is 77.1 Å². The second-order valence-corrected chi connectivity index (χ2v) is 4.99. The molecule has 2 heterocycles. The minimum atomic E-state index is 0. The van der Waals surface area contributed by atoms with Crippen molar-refractivity contribution in [2.75, 3.05) is 11.9 Å².